The number of benzene rings is 1. The van der Waals surface area contributed by atoms with Crippen LogP contribution in [-0.4, -0.2) is 41.3 Å². The molecule has 0 bridgehead atoms. The number of ether oxygens (including phenoxy) is 2. The molecule has 1 aliphatic rings. The lowest BCUT2D eigenvalue weighted by atomic mass is 10.2. The van der Waals surface area contributed by atoms with Crippen LogP contribution in [-0.2, 0) is 11.3 Å². The van der Waals surface area contributed by atoms with E-state index in [4.69, 9.17) is 21.1 Å². The van der Waals surface area contributed by atoms with Gasteiger partial charge >= 0.3 is 0 Å². The van der Waals surface area contributed by atoms with Crippen molar-refractivity contribution in [2.24, 2.45) is 0 Å². The van der Waals surface area contributed by atoms with Gasteiger partial charge in [0.05, 0.1) is 18.8 Å². The molecule has 1 aliphatic heterocycles. The SMILES string of the molecule is O=C(NCCn1ccc2ccccc21)c1cnc(OC2CCOC2)c(Cl)c1. The van der Waals surface area contributed by atoms with Gasteiger partial charge in [0.2, 0.25) is 5.88 Å². The van der Waals surface area contributed by atoms with E-state index in [1.54, 1.807) is 6.07 Å². The van der Waals surface area contributed by atoms with Gasteiger partial charge in [0.1, 0.15) is 11.1 Å². The Morgan fingerprint density at radius 1 is 1.37 bits per heavy atom. The Labute approximate surface area is 162 Å². The van der Waals surface area contributed by atoms with E-state index in [9.17, 15) is 4.79 Å². The minimum Gasteiger partial charge on any atom is -0.471 e. The van der Waals surface area contributed by atoms with Crippen LogP contribution in [0.3, 0.4) is 0 Å². The van der Waals surface area contributed by atoms with Crippen molar-refractivity contribution in [1.29, 1.82) is 0 Å². The lowest BCUT2D eigenvalue weighted by Gasteiger charge is -2.13. The second-order valence-electron chi connectivity index (χ2n) is 6.44. The molecule has 7 heteroatoms. The molecular formula is C20H20ClN3O3. The molecule has 140 valence electrons. The first-order chi connectivity index (χ1) is 13.2. The maximum absolute atomic E-state index is 12.4. The first kappa shape index (κ1) is 17.8. The molecule has 0 radical (unpaired) electrons. The molecule has 0 spiro atoms. The third-order valence-corrected chi connectivity index (χ3v) is 4.83. The number of amides is 1. The monoisotopic (exact) mass is 385 g/mol. The summed E-state index contributed by atoms with van der Waals surface area (Å²) in [4.78, 5) is 16.6. The van der Waals surface area contributed by atoms with Gasteiger partial charge in [-0.05, 0) is 23.6 Å². The lowest BCUT2D eigenvalue weighted by molar-refractivity contribution is 0.0951. The molecule has 3 heterocycles. The number of carbonyl (C=O) groups excluding carboxylic acids is 1. The van der Waals surface area contributed by atoms with Crippen LogP contribution in [0.5, 0.6) is 5.88 Å². The fraction of sp³-hybridized carbons (Fsp3) is 0.300. The fourth-order valence-corrected chi connectivity index (χ4v) is 3.34. The first-order valence-electron chi connectivity index (χ1n) is 8.93. The zero-order valence-electron chi connectivity index (χ0n) is 14.7. The van der Waals surface area contributed by atoms with Crippen LogP contribution in [0.1, 0.15) is 16.8 Å². The van der Waals surface area contributed by atoms with E-state index in [2.05, 4.69) is 33.1 Å². The second kappa shape index (κ2) is 7.98. The number of para-hydroxylation sites is 1. The summed E-state index contributed by atoms with van der Waals surface area (Å²) in [6.45, 7) is 2.41. The fourth-order valence-electron chi connectivity index (χ4n) is 3.13. The molecule has 1 amide bonds. The highest BCUT2D eigenvalue weighted by Gasteiger charge is 2.20. The Morgan fingerprint density at radius 2 is 2.26 bits per heavy atom. The van der Waals surface area contributed by atoms with Crippen molar-refractivity contribution in [3.05, 3.63) is 59.4 Å². The molecule has 4 rings (SSSR count). The van der Waals surface area contributed by atoms with E-state index in [-0.39, 0.29) is 12.0 Å². The van der Waals surface area contributed by atoms with Gasteiger partial charge in [-0.15, -0.1) is 0 Å². The molecule has 0 saturated carbocycles. The standard InChI is InChI=1S/C20H20ClN3O3/c21-17-11-15(12-23-20(17)27-16-6-10-26-13-16)19(25)22-7-9-24-8-5-14-3-1-2-4-18(14)24/h1-5,8,11-12,16H,6-7,9-10,13H2,(H,22,25). The van der Waals surface area contributed by atoms with Crippen LogP contribution in [0.15, 0.2) is 48.8 Å². The molecule has 1 saturated heterocycles. The Morgan fingerprint density at radius 3 is 3.07 bits per heavy atom. The highest BCUT2D eigenvalue weighted by molar-refractivity contribution is 6.32. The van der Waals surface area contributed by atoms with Crippen molar-refractivity contribution in [3.63, 3.8) is 0 Å². The summed E-state index contributed by atoms with van der Waals surface area (Å²) in [7, 11) is 0. The van der Waals surface area contributed by atoms with Crippen molar-refractivity contribution >= 4 is 28.4 Å². The second-order valence-corrected chi connectivity index (χ2v) is 6.85. The number of nitrogens with zero attached hydrogens (tertiary/aromatic N) is 2. The largest absolute Gasteiger partial charge is 0.471 e. The van der Waals surface area contributed by atoms with Gasteiger partial charge in [0.25, 0.3) is 5.91 Å². The molecule has 1 fully saturated rings. The van der Waals surface area contributed by atoms with E-state index in [1.165, 1.54) is 11.6 Å². The van der Waals surface area contributed by atoms with Crippen molar-refractivity contribution < 1.29 is 14.3 Å². The minimum atomic E-state index is -0.211. The van der Waals surface area contributed by atoms with Gasteiger partial charge < -0.3 is 19.4 Å². The van der Waals surface area contributed by atoms with Crippen molar-refractivity contribution in [2.45, 2.75) is 19.1 Å². The number of rotatable bonds is 6. The van der Waals surface area contributed by atoms with Crippen LogP contribution < -0.4 is 10.1 Å². The summed E-state index contributed by atoms with van der Waals surface area (Å²) in [5, 5.41) is 4.41. The molecule has 1 aromatic carbocycles. The van der Waals surface area contributed by atoms with Crippen LogP contribution >= 0.6 is 11.6 Å². The number of nitrogens with one attached hydrogen (secondary N) is 1. The number of hydrogen-bond donors (Lipinski definition) is 1. The number of halogens is 1. The average Bonchev–Trinajstić information content (AvgIpc) is 3.33. The van der Waals surface area contributed by atoms with E-state index in [1.807, 2.05) is 18.3 Å². The average molecular weight is 386 g/mol. The Balaban J connectivity index is 1.34. The van der Waals surface area contributed by atoms with Gasteiger partial charge in [-0.25, -0.2) is 4.98 Å². The predicted octanol–water partition coefficient (Wildman–Crippen LogP) is 3.29. The third kappa shape index (κ3) is 4.07. The Bertz CT molecular complexity index is 951. The highest BCUT2D eigenvalue weighted by atomic mass is 35.5. The van der Waals surface area contributed by atoms with E-state index >= 15 is 0 Å². The Kier molecular flexibility index (Phi) is 5.27. The molecular weight excluding hydrogens is 366 g/mol. The maximum Gasteiger partial charge on any atom is 0.252 e. The highest BCUT2D eigenvalue weighted by Crippen LogP contribution is 2.25. The predicted molar refractivity (Wildman–Crippen MR) is 103 cm³/mol. The number of aromatic nitrogens is 2. The molecule has 2 aromatic heterocycles. The third-order valence-electron chi connectivity index (χ3n) is 4.55. The molecule has 3 aromatic rings. The number of carbonyl (C=O) groups is 1. The van der Waals surface area contributed by atoms with Crippen LogP contribution in [0.4, 0.5) is 0 Å². The van der Waals surface area contributed by atoms with E-state index in [0.717, 1.165) is 11.9 Å². The van der Waals surface area contributed by atoms with Crippen molar-refractivity contribution in [3.8, 4) is 5.88 Å². The number of pyridine rings is 1. The summed E-state index contributed by atoms with van der Waals surface area (Å²) in [5.74, 6) is 0.124. The van der Waals surface area contributed by atoms with Crippen LogP contribution in [0.25, 0.3) is 10.9 Å². The van der Waals surface area contributed by atoms with Crippen LogP contribution in [0, 0.1) is 0 Å². The molecule has 6 nitrogen and oxygen atoms in total. The summed E-state index contributed by atoms with van der Waals surface area (Å²) in [5.41, 5.74) is 1.56. The van der Waals surface area contributed by atoms with Crippen molar-refractivity contribution in [2.75, 3.05) is 19.8 Å². The normalized spacial score (nSPS) is 16.6. The first-order valence-corrected chi connectivity index (χ1v) is 9.30. The van der Waals surface area contributed by atoms with Crippen molar-refractivity contribution in [1.82, 2.24) is 14.9 Å². The summed E-state index contributed by atoms with van der Waals surface area (Å²) < 4.78 is 13.1. The van der Waals surface area contributed by atoms with Gasteiger partial charge in [-0.2, -0.15) is 0 Å². The minimum absolute atomic E-state index is 0.0360. The quantitative estimate of drug-likeness (QED) is 0.707. The van der Waals surface area contributed by atoms with Gasteiger partial charge in [0.15, 0.2) is 0 Å². The van der Waals surface area contributed by atoms with Crippen LogP contribution in [0.2, 0.25) is 5.02 Å². The summed E-state index contributed by atoms with van der Waals surface area (Å²) in [6, 6.07) is 11.8. The maximum atomic E-state index is 12.4. The molecule has 1 atom stereocenters. The molecule has 0 aliphatic carbocycles. The lowest BCUT2D eigenvalue weighted by Crippen LogP contribution is -2.27. The zero-order chi connectivity index (χ0) is 18.6. The molecule has 1 unspecified atom stereocenters. The zero-order valence-corrected chi connectivity index (χ0v) is 15.5. The van der Waals surface area contributed by atoms with E-state index < -0.39 is 0 Å². The van der Waals surface area contributed by atoms with E-state index in [0.29, 0.717) is 42.8 Å². The summed E-state index contributed by atoms with van der Waals surface area (Å²) in [6.07, 6.45) is 4.28. The number of fused-ring (bicyclic) bond motifs is 1. The molecule has 27 heavy (non-hydrogen) atoms. The number of hydrogen-bond acceptors (Lipinski definition) is 4. The Hall–Kier alpha value is -2.57. The summed E-state index contributed by atoms with van der Waals surface area (Å²) >= 11 is 6.22. The smallest absolute Gasteiger partial charge is 0.252 e. The van der Waals surface area contributed by atoms with Gasteiger partial charge in [-0.3, -0.25) is 4.79 Å². The van der Waals surface area contributed by atoms with Gasteiger partial charge in [0, 0.05) is 37.4 Å². The van der Waals surface area contributed by atoms with Gasteiger partial charge in [-0.1, -0.05) is 29.8 Å². The topological polar surface area (TPSA) is 65.4 Å². The molecule has 1 N–H and O–H groups in total.